The predicted octanol–water partition coefficient (Wildman–Crippen LogP) is 25.3. The average molecular weight is 1180 g/mol. The normalized spacial score (nSPS) is 12.6. The maximum absolute atomic E-state index is 12.6. The Kier molecular flexibility index (Phi) is 72.3. The summed E-state index contributed by atoms with van der Waals surface area (Å²) < 4.78 is 5.48. The summed E-state index contributed by atoms with van der Waals surface area (Å²) in [7, 11) is 0. The third-order valence-electron chi connectivity index (χ3n) is 18.2. The zero-order valence-corrected chi connectivity index (χ0v) is 57.2. The van der Waals surface area contributed by atoms with E-state index in [1.165, 1.54) is 360 Å². The minimum absolute atomic E-state index is 0.0102. The predicted molar refractivity (Wildman–Crippen MR) is 370 cm³/mol. The summed E-state index contributed by atoms with van der Waals surface area (Å²) in [5, 5.41) is 23.4. The van der Waals surface area contributed by atoms with Crippen LogP contribution in [-0.4, -0.2) is 47.4 Å². The third kappa shape index (κ3) is 69.4. The summed E-state index contributed by atoms with van der Waals surface area (Å²) in [5.41, 5.74) is 0. The fourth-order valence-electron chi connectivity index (χ4n) is 12.3. The molecule has 2 atom stereocenters. The van der Waals surface area contributed by atoms with Crippen LogP contribution >= 0.6 is 0 Å². The number of hydrogen-bond acceptors (Lipinski definition) is 5. The highest BCUT2D eigenvalue weighted by molar-refractivity contribution is 5.76. The molecule has 498 valence electrons. The number of rotatable bonds is 73. The van der Waals surface area contributed by atoms with Crippen molar-refractivity contribution in [2.75, 3.05) is 13.2 Å². The number of esters is 1. The van der Waals surface area contributed by atoms with E-state index in [0.29, 0.717) is 25.9 Å². The quantitative estimate of drug-likeness (QED) is 0.0320. The second-order valence-electron chi connectivity index (χ2n) is 26.7. The van der Waals surface area contributed by atoms with Gasteiger partial charge in [-0.25, -0.2) is 0 Å². The summed E-state index contributed by atoms with van der Waals surface area (Å²) in [4.78, 5) is 24.6. The van der Waals surface area contributed by atoms with Crippen molar-refractivity contribution in [2.24, 2.45) is 0 Å². The highest BCUT2D eigenvalue weighted by Crippen LogP contribution is 2.20. The van der Waals surface area contributed by atoms with E-state index in [0.717, 1.165) is 44.9 Å². The molecule has 0 aliphatic carbocycles. The molecule has 0 radical (unpaired) electrons. The van der Waals surface area contributed by atoms with Crippen LogP contribution in [0.25, 0.3) is 0 Å². The molecule has 0 saturated heterocycles. The molecule has 0 rings (SSSR count). The maximum Gasteiger partial charge on any atom is 0.305 e. The molecule has 0 heterocycles. The van der Waals surface area contributed by atoms with E-state index in [1.807, 2.05) is 0 Å². The Morgan fingerprint density at radius 1 is 0.321 bits per heavy atom. The van der Waals surface area contributed by atoms with Crippen molar-refractivity contribution in [3.05, 3.63) is 24.3 Å². The molecule has 6 nitrogen and oxygen atoms in total. The second kappa shape index (κ2) is 73.8. The molecular weight excluding hydrogens is 1030 g/mol. The zero-order chi connectivity index (χ0) is 60.6. The van der Waals surface area contributed by atoms with Gasteiger partial charge in [-0.15, -0.1) is 0 Å². The Labute approximate surface area is 526 Å². The van der Waals surface area contributed by atoms with Crippen molar-refractivity contribution in [3.8, 4) is 0 Å². The van der Waals surface area contributed by atoms with Gasteiger partial charge < -0.3 is 20.3 Å². The first-order valence-electron chi connectivity index (χ1n) is 38.6. The third-order valence-corrected chi connectivity index (χ3v) is 18.2. The Bertz CT molecular complexity index is 1320. The topological polar surface area (TPSA) is 95.9 Å². The first kappa shape index (κ1) is 82.3. The van der Waals surface area contributed by atoms with Crippen LogP contribution in [0.3, 0.4) is 0 Å². The molecule has 0 aromatic rings. The van der Waals surface area contributed by atoms with Gasteiger partial charge in [0.2, 0.25) is 5.91 Å². The molecule has 2 unspecified atom stereocenters. The molecule has 3 N–H and O–H groups in total. The van der Waals surface area contributed by atoms with Gasteiger partial charge in [-0.2, -0.15) is 0 Å². The van der Waals surface area contributed by atoms with Gasteiger partial charge in [0, 0.05) is 12.8 Å². The molecule has 0 aliphatic rings. The van der Waals surface area contributed by atoms with Crippen LogP contribution in [0.1, 0.15) is 438 Å². The second-order valence-corrected chi connectivity index (χ2v) is 26.7. The number of aliphatic hydroxyl groups is 2. The number of carbonyl (C=O) groups excluding carboxylic acids is 2. The van der Waals surface area contributed by atoms with Crippen molar-refractivity contribution in [1.82, 2.24) is 5.32 Å². The monoisotopic (exact) mass is 1180 g/mol. The Balaban J connectivity index is 3.35. The molecular formula is C78H151NO5. The highest BCUT2D eigenvalue weighted by atomic mass is 16.5. The van der Waals surface area contributed by atoms with E-state index >= 15 is 0 Å². The smallest absolute Gasteiger partial charge is 0.305 e. The molecule has 6 heteroatoms. The van der Waals surface area contributed by atoms with Gasteiger partial charge in [0.15, 0.2) is 0 Å². The summed E-state index contributed by atoms with van der Waals surface area (Å²) in [5.74, 6) is -0.0165. The lowest BCUT2D eigenvalue weighted by Crippen LogP contribution is -2.45. The van der Waals surface area contributed by atoms with E-state index in [2.05, 4.69) is 43.5 Å². The van der Waals surface area contributed by atoms with Gasteiger partial charge in [-0.05, 0) is 77.0 Å². The van der Waals surface area contributed by atoms with Gasteiger partial charge in [0.05, 0.1) is 25.4 Å². The summed E-state index contributed by atoms with van der Waals surface area (Å²) in [6, 6.07) is -0.540. The van der Waals surface area contributed by atoms with Crippen molar-refractivity contribution >= 4 is 11.9 Å². The van der Waals surface area contributed by atoms with Crippen LogP contribution in [-0.2, 0) is 14.3 Å². The van der Waals surface area contributed by atoms with Crippen LogP contribution in [0.2, 0.25) is 0 Å². The maximum atomic E-state index is 12.6. The first-order valence-corrected chi connectivity index (χ1v) is 38.6. The van der Waals surface area contributed by atoms with Crippen molar-refractivity contribution < 1.29 is 24.5 Å². The van der Waals surface area contributed by atoms with Crippen LogP contribution < -0.4 is 5.32 Å². The van der Waals surface area contributed by atoms with Crippen molar-refractivity contribution in [1.29, 1.82) is 0 Å². The first-order chi connectivity index (χ1) is 41.5. The number of carbonyl (C=O) groups is 2. The number of ether oxygens (including phenoxy) is 1. The van der Waals surface area contributed by atoms with E-state index < -0.39 is 12.1 Å². The largest absolute Gasteiger partial charge is 0.466 e. The summed E-state index contributed by atoms with van der Waals surface area (Å²) in [6.45, 7) is 4.98. The lowest BCUT2D eigenvalue weighted by molar-refractivity contribution is -0.143. The van der Waals surface area contributed by atoms with Crippen molar-refractivity contribution in [2.45, 2.75) is 450 Å². The lowest BCUT2D eigenvalue weighted by Gasteiger charge is -2.22. The minimum atomic E-state index is -0.663. The van der Waals surface area contributed by atoms with Crippen LogP contribution in [0.15, 0.2) is 24.3 Å². The SMILES string of the molecule is CCCCCC/C=C\CCCCCCCC(=O)OCCCCCCCCCCCCCC/C=C\CCCCCCCCCCCCCCCCCCCC(=O)NC(CO)C(O)CCCCCCCCCCCCCCCCCCCCCCC. The molecule has 0 fully saturated rings. The van der Waals surface area contributed by atoms with E-state index in [4.69, 9.17) is 4.74 Å². The Hall–Kier alpha value is -1.66. The summed E-state index contributed by atoms with van der Waals surface area (Å²) >= 11 is 0. The van der Waals surface area contributed by atoms with Gasteiger partial charge in [0.25, 0.3) is 0 Å². The van der Waals surface area contributed by atoms with Gasteiger partial charge in [-0.1, -0.05) is 372 Å². The molecule has 0 aliphatic heterocycles. The van der Waals surface area contributed by atoms with E-state index in [1.54, 1.807) is 0 Å². The zero-order valence-electron chi connectivity index (χ0n) is 57.2. The lowest BCUT2D eigenvalue weighted by atomic mass is 10.0. The summed E-state index contributed by atoms with van der Waals surface area (Å²) in [6.07, 6.45) is 94.0. The van der Waals surface area contributed by atoms with E-state index in [9.17, 15) is 19.8 Å². The molecule has 0 bridgehead atoms. The number of unbranched alkanes of at least 4 members (excludes halogenated alkanes) is 58. The molecule has 84 heavy (non-hydrogen) atoms. The molecule has 0 aromatic carbocycles. The highest BCUT2D eigenvalue weighted by Gasteiger charge is 2.20. The number of nitrogens with one attached hydrogen (secondary N) is 1. The minimum Gasteiger partial charge on any atom is -0.466 e. The van der Waals surface area contributed by atoms with Crippen LogP contribution in [0, 0.1) is 0 Å². The van der Waals surface area contributed by atoms with Gasteiger partial charge in [0.1, 0.15) is 0 Å². The number of aliphatic hydroxyl groups excluding tert-OH is 2. The average Bonchev–Trinajstić information content (AvgIpc) is 3.51. The van der Waals surface area contributed by atoms with Crippen LogP contribution in [0.5, 0.6) is 0 Å². The van der Waals surface area contributed by atoms with Crippen molar-refractivity contribution in [3.63, 3.8) is 0 Å². The molecule has 1 amide bonds. The number of allylic oxidation sites excluding steroid dienone is 4. The molecule has 0 aromatic heterocycles. The number of amides is 1. The van der Waals surface area contributed by atoms with Gasteiger partial charge in [-0.3, -0.25) is 9.59 Å². The standard InChI is InChI=1S/C78H151NO5/c1-3-5-7-9-11-13-15-17-18-19-20-34-37-40-43-47-50-54-58-62-66-70-76(81)75(74-80)79-77(82)71-67-63-59-55-51-48-44-41-38-35-32-30-28-26-24-22-21-23-25-27-29-31-33-36-39-42-45-49-53-57-61-65-69-73-84-78(83)72-68-64-60-56-52-46-16-14-12-10-8-6-4-2/h14,16,25,27,75-76,80-81H,3-13,15,17-24,26,28-74H2,1-2H3,(H,79,82)/b16-14-,27-25-. The van der Waals surface area contributed by atoms with E-state index in [-0.39, 0.29) is 18.5 Å². The van der Waals surface area contributed by atoms with Crippen LogP contribution in [0.4, 0.5) is 0 Å². The number of hydrogen-bond donors (Lipinski definition) is 3. The van der Waals surface area contributed by atoms with Gasteiger partial charge >= 0.3 is 5.97 Å². The fraction of sp³-hybridized carbons (Fsp3) is 0.923. The Morgan fingerprint density at radius 2 is 0.560 bits per heavy atom. The molecule has 0 saturated carbocycles. The fourth-order valence-corrected chi connectivity index (χ4v) is 12.3. The molecule has 0 spiro atoms. The Morgan fingerprint density at radius 3 is 0.857 bits per heavy atom.